The van der Waals surface area contributed by atoms with Crippen LogP contribution in [0, 0.1) is 13.8 Å². The van der Waals surface area contributed by atoms with Gasteiger partial charge in [-0.25, -0.2) is 0 Å². The van der Waals surface area contributed by atoms with E-state index in [1.807, 2.05) is 0 Å². The first-order chi connectivity index (χ1) is 7.15. The maximum atomic E-state index is 5.53. The van der Waals surface area contributed by atoms with Crippen molar-refractivity contribution in [2.24, 2.45) is 0 Å². The Morgan fingerprint density at radius 2 is 2.00 bits per heavy atom. The number of hydrogen-bond donors (Lipinski definition) is 1. The quantitative estimate of drug-likeness (QED) is 0.843. The lowest BCUT2D eigenvalue weighted by Crippen LogP contribution is -1.90. The van der Waals surface area contributed by atoms with Crippen LogP contribution in [0.4, 0.5) is 5.13 Å². The molecule has 1 heterocycles. The summed E-state index contributed by atoms with van der Waals surface area (Å²) in [6, 6.07) is 6.45. The smallest absolute Gasteiger partial charge is 0.203 e. The van der Waals surface area contributed by atoms with Crippen LogP contribution in [0.2, 0.25) is 0 Å². The van der Waals surface area contributed by atoms with Crippen molar-refractivity contribution in [1.82, 2.24) is 10.2 Å². The van der Waals surface area contributed by atoms with Crippen molar-refractivity contribution >= 4 is 16.5 Å². The van der Waals surface area contributed by atoms with Gasteiger partial charge in [-0.2, -0.15) is 0 Å². The number of nitrogens with zero attached hydrogens (tertiary/aromatic N) is 2. The van der Waals surface area contributed by atoms with E-state index in [-0.39, 0.29) is 0 Å². The number of anilines is 1. The van der Waals surface area contributed by atoms with E-state index >= 15 is 0 Å². The molecule has 1 aromatic heterocycles. The van der Waals surface area contributed by atoms with Crippen LogP contribution in [0.3, 0.4) is 0 Å². The molecular weight excluding hydrogens is 206 g/mol. The van der Waals surface area contributed by atoms with Gasteiger partial charge in [-0.3, -0.25) is 0 Å². The van der Waals surface area contributed by atoms with E-state index in [0.29, 0.717) is 5.13 Å². The van der Waals surface area contributed by atoms with Crippen molar-refractivity contribution in [2.45, 2.75) is 20.3 Å². The molecule has 2 rings (SSSR count). The third-order valence-corrected chi connectivity index (χ3v) is 3.16. The first kappa shape index (κ1) is 10.1. The molecule has 2 N–H and O–H groups in total. The fraction of sp³-hybridized carbons (Fsp3) is 0.273. The standard InChI is InChI=1S/C11H13N3S/c1-7-3-4-9(5-8(7)2)6-10-13-14-11(12)15-10/h3-5H,6H2,1-2H3,(H2,12,14). The molecule has 0 saturated heterocycles. The SMILES string of the molecule is Cc1ccc(Cc2nnc(N)s2)cc1C. The minimum atomic E-state index is 0.536. The van der Waals surface area contributed by atoms with Crippen molar-refractivity contribution < 1.29 is 0 Å². The molecule has 0 atom stereocenters. The first-order valence-electron chi connectivity index (χ1n) is 4.79. The van der Waals surface area contributed by atoms with E-state index in [9.17, 15) is 0 Å². The van der Waals surface area contributed by atoms with E-state index in [4.69, 9.17) is 5.73 Å². The second-order valence-corrected chi connectivity index (χ2v) is 4.72. The Balaban J connectivity index is 2.21. The third kappa shape index (κ3) is 2.33. The van der Waals surface area contributed by atoms with Crippen LogP contribution in [0.25, 0.3) is 0 Å². The molecule has 0 bridgehead atoms. The summed E-state index contributed by atoms with van der Waals surface area (Å²) in [5, 5.41) is 9.31. The highest BCUT2D eigenvalue weighted by atomic mass is 32.1. The van der Waals surface area contributed by atoms with Crippen LogP contribution in [-0.4, -0.2) is 10.2 Å². The minimum absolute atomic E-state index is 0.536. The van der Waals surface area contributed by atoms with E-state index in [1.165, 1.54) is 28.0 Å². The molecular formula is C11H13N3S. The summed E-state index contributed by atoms with van der Waals surface area (Å²) in [7, 11) is 0. The summed E-state index contributed by atoms with van der Waals surface area (Å²) in [4.78, 5) is 0. The van der Waals surface area contributed by atoms with Crippen LogP contribution in [0.15, 0.2) is 18.2 Å². The van der Waals surface area contributed by atoms with Crippen LogP contribution in [-0.2, 0) is 6.42 Å². The molecule has 0 fully saturated rings. The molecule has 0 unspecified atom stereocenters. The van der Waals surface area contributed by atoms with Gasteiger partial charge < -0.3 is 5.73 Å². The molecule has 0 spiro atoms. The zero-order valence-corrected chi connectivity index (χ0v) is 9.64. The molecule has 0 radical (unpaired) electrons. The normalized spacial score (nSPS) is 10.5. The number of hydrogen-bond acceptors (Lipinski definition) is 4. The Kier molecular flexibility index (Phi) is 2.68. The Labute approximate surface area is 93.0 Å². The molecule has 0 aliphatic rings. The van der Waals surface area contributed by atoms with E-state index in [0.717, 1.165) is 11.4 Å². The van der Waals surface area contributed by atoms with Gasteiger partial charge in [-0.15, -0.1) is 10.2 Å². The lowest BCUT2D eigenvalue weighted by molar-refractivity contribution is 1.01. The van der Waals surface area contributed by atoms with Crippen molar-refractivity contribution in [3.05, 3.63) is 39.9 Å². The average molecular weight is 219 g/mol. The van der Waals surface area contributed by atoms with Gasteiger partial charge in [0.05, 0.1) is 0 Å². The van der Waals surface area contributed by atoms with Crippen LogP contribution in [0.5, 0.6) is 0 Å². The molecule has 4 heteroatoms. The second kappa shape index (κ2) is 3.98. The average Bonchev–Trinajstić information content (AvgIpc) is 2.58. The highest BCUT2D eigenvalue weighted by Gasteiger charge is 2.03. The largest absolute Gasteiger partial charge is 0.374 e. The predicted molar refractivity (Wildman–Crippen MR) is 63.0 cm³/mol. The summed E-state index contributed by atoms with van der Waals surface area (Å²) in [5.41, 5.74) is 9.42. The fourth-order valence-electron chi connectivity index (χ4n) is 1.43. The van der Waals surface area contributed by atoms with E-state index < -0.39 is 0 Å². The van der Waals surface area contributed by atoms with Crippen LogP contribution < -0.4 is 5.73 Å². The van der Waals surface area contributed by atoms with E-state index in [2.05, 4.69) is 42.2 Å². The molecule has 0 aliphatic heterocycles. The highest BCUT2D eigenvalue weighted by molar-refractivity contribution is 7.15. The Hall–Kier alpha value is -1.42. The van der Waals surface area contributed by atoms with Gasteiger partial charge in [-0.05, 0) is 30.5 Å². The monoisotopic (exact) mass is 219 g/mol. The fourth-order valence-corrected chi connectivity index (χ4v) is 2.07. The van der Waals surface area contributed by atoms with Gasteiger partial charge in [0.25, 0.3) is 0 Å². The topological polar surface area (TPSA) is 51.8 Å². The van der Waals surface area contributed by atoms with Crippen LogP contribution in [0.1, 0.15) is 21.7 Å². The maximum Gasteiger partial charge on any atom is 0.203 e. The number of nitrogens with two attached hydrogens (primary N) is 1. The van der Waals surface area contributed by atoms with Gasteiger partial charge in [0.15, 0.2) is 0 Å². The van der Waals surface area contributed by atoms with Crippen molar-refractivity contribution in [2.75, 3.05) is 5.73 Å². The Bertz CT molecular complexity index is 476. The van der Waals surface area contributed by atoms with E-state index in [1.54, 1.807) is 0 Å². The molecule has 3 nitrogen and oxygen atoms in total. The summed E-state index contributed by atoms with van der Waals surface area (Å²) < 4.78 is 0. The van der Waals surface area contributed by atoms with Gasteiger partial charge in [0.1, 0.15) is 5.01 Å². The second-order valence-electron chi connectivity index (χ2n) is 3.63. The number of nitrogen functional groups attached to an aromatic ring is 1. The molecule has 0 saturated carbocycles. The number of aromatic nitrogens is 2. The summed E-state index contributed by atoms with van der Waals surface area (Å²) in [5.74, 6) is 0. The summed E-state index contributed by atoms with van der Waals surface area (Å²) in [6.45, 7) is 4.23. The zero-order valence-electron chi connectivity index (χ0n) is 8.82. The van der Waals surface area contributed by atoms with Gasteiger partial charge in [-0.1, -0.05) is 29.5 Å². The van der Waals surface area contributed by atoms with Gasteiger partial charge in [0.2, 0.25) is 5.13 Å². The van der Waals surface area contributed by atoms with Crippen LogP contribution >= 0.6 is 11.3 Å². The molecule has 0 amide bonds. The van der Waals surface area contributed by atoms with Gasteiger partial charge >= 0.3 is 0 Å². The lowest BCUT2D eigenvalue weighted by atomic mass is 10.0. The van der Waals surface area contributed by atoms with Crippen molar-refractivity contribution in [3.8, 4) is 0 Å². The third-order valence-electron chi connectivity index (χ3n) is 2.41. The highest BCUT2D eigenvalue weighted by Crippen LogP contribution is 2.17. The van der Waals surface area contributed by atoms with Gasteiger partial charge in [0, 0.05) is 6.42 Å². The number of rotatable bonds is 2. The molecule has 15 heavy (non-hydrogen) atoms. The molecule has 0 aliphatic carbocycles. The Morgan fingerprint density at radius 3 is 2.60 bits per heavy atom. The predicted octanol–water partition coefficient (Wildman–Crippen LogP) is 2.33. The molecule has 1 aromatic carbocycles. The number of benzene rings is 1. The van der Waals surface area contributed by atoms with Crippen molar-refractivity contribution in [3.63, 3.8) is 0 Å². The van der Waals surface area contributed by atoms with Crippen molar-refractivity contribution in [1.29, 1.82) is 0 Å². The zero-order chi connectivity index (χ0) is 10.8. The first-order valence-corrected chi connectivity index (χ1v) is 5.61. The lowest BCUT2D eigenvalue weighted by Gasteiger charge is -2.02. The number of aryl methyl sites for hydroxylation is 2. The molecule has 78 valence electrons. The summed E-state index contributed by atoms with van der Waals surface area (Å²) in [6.07, 6.45) is 0.815. The molecule has 2 aromatic rings. The maximum absolute atomic E-state index is 5.53. The minimum Gasteiger partial charge on any atom is -0.374 e. The summed E-state index contributed by atoms with van der Waals surface area (Å²) >= 11 is 1.45. The Morgan fingerprint density at radius 1 is 1.20 bits per heavy atom.